The molecule has 1 heterocycles. The third-order valence-electron chi connectivity index (χ3n) is 1.50. The van der Waals surface area contributed by atoms with Gasteiger partial charge >= 0.3 is 0 Å². The van der Waals surface area contributed by atoms with Crippen LogP contribution in [0.25, 0.3) is 0 Å². The molecule has 4 heteroatoms. The molecule has 0 aliphatic heterocycles. The molecule has 0 aromatic carbocycles. The van der Waals surface area contributed by atoms with Crippen LogP contribution in [-0.4, -0.2) is 9.78 Å². The first kappa shape index (κ1) is 7.91. The van der Waals surface area contributed by atoms with Crippen molar-refractivity contribution < 1.29 is 0 Å². The molecule has 1 aromatic heterocycles. The van der Waals surface area contributed by atoms with Crippen molar-refractivity contribution in [2.45, 2.75) is 20.0 Å². The highest BCUT2D eigenvalue weighted by Crippen LogP contribution is 2.16. The maximum absolute atomic E-state index is 10.3. The molecule has 0 amide bonds. The number of nitroso groups, excluding NO2 is 1. The van der Waals surface area contributed by atoms with Gasteiger partial charge in [-0.2, -0.15) is 5.10 Å². The second-order valence-electron chi connectivity index (χ2n) is 2.75. The summed E-state index contributed by atoms with van der Waals surface area (Å²) in [6.07, 6.45) is 3.01. The quantitative estimate of drug-likeness (QED) is 0.621. The molecule has 0 fully saturated rings. The summed E-state index contributed by atoms with van der Waals surface area (Å²) >= 11 is 0. The Kier molecular flexibility index (Phi) is 2.36. The molecule has 11 heavy (non-hydrogen) atoms. The van der Waals surface area contributed by atoms with Crippen LogP contribution < -0.4 is 0 Å². The van der Waals surface area contributed by atoms with Gasteiger partial charge in [-0.1, -0.05) is 13.8 Å². The first-order valence-electron chi connectivity index (χ1n) is 3.57. The predicted octanol–water partition coefficient (Wildman–Crippen LogP) is 1.80. The molecular weight excluding hydrogens is 142 g/mol. The van der Waals surface area contributed by atoms with E-state index in [0.717, 1.165) is 0 Å². The summed E-state index contributed by atoms with van der Waals surface area (Å²) in [6, 6.07) is 1.78. The lowest BCUT2D eigenvalue weighted by atomic mass is 10.2. The highest BCUT2D eigenvalue weighted by molar-refractivity contribution is 4.81. The number of rotatable bonds is 3. The third-order valence-corrected chi connectivity index (χ3v) is 1.50. The lowest BCUT2D eigenvalue weighted by Crippen LogP contribution is -2.12. The van der Waals surface area contributed by atoms with Crippen molar-refractivity contribution in [1.82, 2.24) is 9.78 Å². The fourth-order valence-electron chi connectivity index (χ4n) is 0.913. The van der Waals surface area contributed by atoms with Crippen LogP contribution in [0.5, 0.6) is 0 Å². The zero-order valence-electron chi connectivity index (χ0n) is 6.64. The van der Waals surface area contributed by atoms with Gasteiger partial charge in [0.05, 0.1) is 0 Å². The van der Waals surface area contributed by atoms with Gasteiger partial charge in [-0.3, -0.25) is 0 Å². The second-order valence-corrected chi connectivity index (χ2v) is 2.75. The van der Waals surface area contributed by atoms with Crippen molar-refractivity contribution in [3.63, 3.8) is 0 Å². The zero-order chi connectivity index (χ0) is 8.27. The first-order chi connectivity index (χ1) is 5.25. The van der Waals surface area contributed by atoms with Crippen LogP contribution in [0.15, 0.2) is 23.6 Å². The van der Waals surface area contributed by atoms with E-state index in [1.807, 2.05) is 13.8 Å². The van der Waals surface area contributed by atoms with E-state index in [1.54, 1.807) is 23.1 Å². The summed E-state index contributed by atoms with van der Waals surface area (Å²) in [5.74, 6) is 0.187. The SMILES string of the molecule is CC(C)C(N=O)n1cccn1. The van der Waals surface area contributed by atoms with Gasteiger partial charge in [-0.05, 0) is 17.2 Å². The third kappa shape index (κ3) is 1.63. The second kappa shape index (κ2) is 3.27. The normalized spacial score (nSPS) is 13.4. The Hall–Kier alpha value is -1.19. The minimum atomic E-state index is -0.370. The Labute approximate surface area is 65.2 Å². The minimum absolute atomic E-state index is 0.187. The monoisotopic (exact) mass is 153 g/mol. The topological polar surface area (TPSA) is 47.2 Å². The highest BCUT2D eigenvalue weighted by Gasteiger charge is 2.14. The Morgan fingerprint density at radius 1 is 1.55 bits per heavy atom. The van der Waals surface area contributed by atoms with Gasteiger partial charge in [0.15, 0.2) is 6.17 Å². The molecule has 1 rings (SSSR count). The standard InChI is InChI=1S/C7H11N3O/c1-6(2)7(9-11)10-5-3-4-8-10/h3-7H,1-2H3. The molecule has 0 saturated carbocycles. The van der Waals surface area contributed by atoms with Crippen molar-refractivity contribution >= 4 is 0 Å². The summed E-state index contributed by atoms with van der Waals surface area (Å²) in [6.45, 7) is 3.88. The molecule has 1 atom stereocenters. The molecule has 0 aliphatic rings. The molecule has 0 radical (unpaired) electrons. The largest absolute Gasteiger partial charge is 0.244 e. The minimum Gasteiger partial charge on any atom is -0.244 e. The summed E-state index contributed by atoms with van der Waals surface area (Å²) in [5.41, 5.74) is 0. The van der Waals surface area contributed by atoms with E-state index < -0.39 is 0 Å². The molecule has 0 spiro atoms. The van der Waals surface area contributed by atoms with Crippen molar-refractivity contribution in [2.24, 2.45) is 11.1 Å². The number of nitrogens with zero attached hydrogens (tertiary/aromatic N) is 3. The van der Waals surface area contributed by atoms with E-state index >= 15 is 0 Å². The molecule has 60 valence electrons. The van der Waals surface area contributed by atoms with E-state index in [1.165, 1.54) is 0 Å². The molecule has 0 N–H and O–H groups in total. The van der Waals surface area contributed by atoms with Gasteiger partial charge in [0.25, 0.3) is 0 Å². The van der Waals surface area contributed by atoms with Crippen LogP contribution in [0.1, 0.15) is 20.0 Å². The average Bonchev–Trinajstić information content (AvgIpc) is 2.40. The van der Waals surface area contributed by atoms with Gasteiger partial charge < -0.3 is 0 Å². The Bertz CT molecular complexity index is 218. The van der Waals surface area contributed by atoms with E-state index in [-0.39, 0.29) is 12.1 Å². The Balaban J connectivity index is 2.79. The fourth-order valence-corrected chi connectivity index (χ4v) is 0.913. The lowest BCUT2D eigenvalue weighted by Gasteiger charge is -2.12. The van der Waals surface area contributed by atoms with Gasteiger partial charge in [0.1, 0.15) is 0 Å². The lowest BCUT2D eigenvalue weighted by molar-refractivity contribution is 0.357. The molecule has 1 aromatic rings. The Morgan fingerprint density at radius 2 is 2.27 bits per heavy atom. The van der Waals surface area contributed by atoms with E-state index in [4.69, 9.17) is 0 Å². The highest BCUT2D eigenvalue weighted by atomic mass is 16.3. The van der Waals surface area contributed by atoms with Crippen LogP contribution in [-0.2, 0) is 0 Å². The molecular formula is C7H11N3O. The van der Waals surface area contributed by atoms with Crippen LogP contribution in [0, 0.1) is 10.8 Å². The molecule has 0 aliphatic carbocycles. The molecule has 1 unspecified atom stereocenters. The van der Waals surface area contributed by atoms with Gasteiger partial charge in [0, 0.05) is 12.4 Å². The van der Waals surface area contributed by atoms with Crippen LogP contribution in [0.2, 0.25) is 0 Å². The van der Waals surface area contributed by atoms with E-state index in [9.17, 15) is 4.91 Å². The van der Waals surface area contributed by atoms with Crippen LogP contribution in [0.4, 0.5) is 0 Å². The summed E-state index contributed by atoms with van der Waals surface area (Å²) in [5, 5.41) is 6.91. The molecule has 0 bridgehead atoms. The number of hydrogen-bond donors (Lipinski definition) is 0. The maximum atomic E-state index is 10.3. The van der Waals surface area contributed by atoms with Crippen molar-refractivity contribution in [1.29, 1.82) is 0 Å². The molecule has 4 nitrogen and oxygen atoms in total. The Morgan fingerprint density at radius 3 is 2.64 bits per heavy atom. The average molecular weight is 153 g/mol. The number of aromatic nitrogens is 2. The zero-order valence-corrected chi connectivity index (χ0v) is 6.64. The van der Waals surface area contributed by atoms with E-state index in [2.05, 4.69) is 10.3 Å². The summed E-state index contributed by atoms with van der Waals surface area (Å²) in [7, 11) is 0. The van der Waals surface area contributed by atoms with Crippen LogP contribution >= 0.6 is 0 Å². The van der Waals surface area contributed by atoms with E-state index in [0.29, 0.717) is 0 Å². The summed E-state index contributed by atoms with van der Waals surface area (Å²) in [4.78, 5) is 10.3. The summed E-state index contributed by atoms with van der Waals surface area (Å²) < 4.78 is 1.57. The first-order valence-corrected chi connectivity index (χ1v) is 3.57. The van der Waals surface area contributed by atoms with Crippen molar-refractivity contribution in [3.05, 3.63) is 23.4 Å². The number of hydrogen-bond acceptors (Lipinski definition) is 3. The van der Waals surface area contributed by atoms with Gasteiger partial charge in [0.2, 0.25) is 0 Å². The molecule has 0 saturated heterocycles. The van der Waals surface area contributed by atoms with Crippen LogP contribution in [0.3, 0.4) is 0 Å². The van der Waals surface area contributed by atoms with Crippen molar-refractivity contribution in [2.75, 3.05) is 0 Å². The predicted molar refractivity (Wildman–Crippen MR) is 41.9 cm³/mol. The van der Waals surface area contributed by atoms with Crippen molar-refractivity contribution in [3.8, 4) is 0 Å². The van der Waals surface area contributed by atoms with Gasteiger partial charge in [-0.15, -0.1) is 4.91 Å². The van der Waals surface area contributed by atoms with Gasteiger partial charge in [-0.25, -0.2) is 4.68 Å². The smallest absolute Gasteiger partial charge is 0.185 e. The fraction of sp³-hybridized carbons (Fsp3) is 0.571. The maximum Gasteiger partial charge on any atom is 0.185 e.